The van der Waals surface area contributed by atoms with E-state index < -0.39 is 23.0 Å². The van der Waals surface area contributed by atoms with E-state index in [9.17, 15) is 13.2 Å². The molecule has 2 aliphatic rings. The predicted molar refractivity (Wildman–Crippen MR) is 157 cm³/mol. The molecule has 40 heavy (non-hydrogen) atoms. The van der Waals surface area contributed by atoms with Gasteiger partial charge in [-0.2, -0.15) is 0 Å². The van der Waals surface area contributed by atoms with Gasteiger partial charge in [-0.1, -0.05) is 66.2 Å². The van der Waals surface area contributed by atoms with Gasteiger partial charge in [-0.15, -0.1) is 0 Å². The molecule has 0 aromatic heterocycles. The highest BCUT2D eigenvalue weighted by Gasteiger charge is 2.38. The predicted octanol–water partition coefficient (Wildman–Crippen LogP) is 7.69. The molecule has 2 aliphatic heterocycles. The lowest BCUT2D eigenvalue weighted by Gasteiger charge is -2.38. The van der Waals surface area contributed by atoms with Crippen molar-refractivity contribution in [2.24, 2.45) is 4.99 Å². The average molecular weight is 560 g/mol. The number of rotatable bonds is 5. The Morgan fingerprint density at radius 1 is 0.875 bits per heavy atom. The third-order valence-corrected chi connectivity index (χ3v) is 8.45. The van der Waals surface area contributed by atoms with Crippen molar-refractivity contribution >= 4 is 33.8 Å². The molecule has 204 valence electrons. The number of halogens is 4. The molecule has 0 spiro atoms. The van der Waals surface area contributed by atoms with Gasteiger partial charge in [0.05, 0.1) is 11.4 Å². The Kier molecular flexibility index (Phi) is 6.93. The van der Waals surface area contributed by atoms with Gasteiger partial charge in [0.1, 0.15) is 5.54 Å². The lowest BCUT2D eigenvalue weighted by Crippen LogP contribution is -2.48. The van der Waals surface area contributed by atoms with Gasteiger partial charge in [0, 0.05) is 49.4 Å². The molecular formula is C33H29ClF3N3. The number of benzene rings is 4. The summed E-state index contributed by atoms with van der Waals surface area (Å²) >= 11 is 6.16. The second-order valence-corrected chi connectivity index (χ2v) is 11.1. The standard InChI is InChI=1S/C33H29ClF3N3/c1-21-31(36)28(35)19-30(32(21)37)40-16-14-39(15-17-40)20-24-18-29(23-10-12-25(34)13-11-23)38-33(24,2)27-9-5-7-22-6-3-4-8-26(22)27/h3-13,18-19H,14-17,20H2,1-2H3. The zero-order valence-corrected chi connectivity index (χ0v) is 23.2. The molecule has 3 nitrogen and oxygen atoms in total. The fourth-order valence-corrected chi connectivity index (χ4v) is 5.96. The number of nitrogens with zero attached hydrogens (tertiary/aromatic N) is 3. The summed E-state index contributed by atoms with van der Waals surface area (Å²) in [7, 11) is 0. The summed E-state index contributed by atoms with van der Waals surface area (Å²) in [6, 6.07) is 23.4. The van der Waals surface area contributed by atoms with Crippen LogP contribution in [0.5, 0.6) is 0 Å². The van der Waals surface area contributed by atoms with Crippen LogP contribution in [0.2, 0.25) is 5.02 Å². The molecule has 2 heterocycles. The van der Waals surface area contributed by atoms with E-state index in [4.69, 9.17) is 16.6 Å². The van der Waals surface area contributed by atoms with Crippen molar-refractivity contribution in [1.29, 1.82) is 0 Å². The minimum atomic E-state index is -1.13. The number of fused-ring (bicyclic) bond motifs is 1. The molecule has 1 saturated heterocycles. The summed E-state index contributed by atoms with van der Waals surface area (Å²) in [6.07, 6.45) is 2.18. The minimum Gasteiger partial charge on any atom is -0.367 e. The van der Waals surface area contributed by atoms with Crippen LogP contribution in [0.15, 0.2) is 89.4 Å². The van der Waals surface area contributed by atoms with Crippen LogP contribution >= 0.6 is 11.6 Å². The van der Waals surface area contributed by atoms with Crippen molar-refractivity contribution in [2.75, 3.05) is 37.6 Å². The van der Waals surface area contributed by atoms with Crippen molar-refractivity contribution < 1.29 is 13.2 Å². The molecule has 0 saturated carbocycles. The molecule has 0 radical (unpaired) electrons. The molecule has 1 unspecified atom stereocenters. The van der Waals surface area contributed by atoms with Crippen LogP contribution in [0.4, 0.5) is 18.9 Å². The number of aliphatic imine (C=N–C) groups is 1. The summed E-state index contributed by atoms with van der Waals surface area (Å²) in [6.45, 7) is 6.42. The van der Waals surface area contributed by atoms with Crippen molar-refractivity contribution in [3.63, 3.8) is 0 Å². The summed E-state index contributed by atoms with van der Waals surface area (Å²) < 4.78 is 42.7. The van der Waals surface area contributed by atoms with Gasteiger partial charge in [0.25, 0.3) is 0 Å². The zero-order chi connectivity index (χ0) is 28.0. The Hall–Kier alpha value is -3.61. The number of piperazine rings is 1. The minimum absolute atomic E-state index is 0.116. The summed E-state index contributed by atoms with van der Waals surface area (Å²) in [5.74, 6) is -2.85. The molecule has 4 aromatic rings. The van der Waals surface area contributed by atoms with Crippen molar-refractivity contribution in [3.05, 3.63) is 124 Å². The molecule has 0 N–H and O–H groups in total. The van der Waals surface area contributed by atoms with Crippen LogP contribution < -0.4 is 4.90 Å². The van der Waals surface area contributed by atoms with Crippen LogP contribution in [0, 0.1) is 24.4 Å². The largest absolute Gasteiger partial charge is 0.367 e. The molecule has 1 atom stereocenters. The van der Waals surface area contributed by atoms with E-state index in [-0.39, 0.29) is 11.3 Å². The van der Waals surface area contributed by atoms with Crippen LogP contribution in [0.1, 0.15) is 23.6 Å². The van der Waals surface area contributed by atoms with Crippen LogP contribution in [-0.2, 0) is 5.54 Å². The van der Waals surface area contributed by atoms with Gasteiger partial charge in [0.15, 0.2) is 17.5 Å². The number of hydrogen-bond acceptors (Lipinski definition) is 3. The van der Waals surface area contributed by atoms with Gasteiger partial charge >= 0.3 is 0 Å². The van der Waals surface area contributed by atoms with Crippen molar-refractivity contribution in [1.82, 2.24) is 4.90 Å². The fraction of sp³-hybridized carbons (Fsp3) is 0.242. The second-order valence-electron chi connectivity index (χ2n) is 10.7. The highest BCUT2D eigenvalue weighted by molar-refractivity contribution is 6.30. The SMILES string of the molecule is Cc1c(F)c(F)cc(N2CCN(CC3=CC(c4ccc(Cl)cc4)=NC3(C)c3cccc4ccccc34)CC2)c1F. The van der Waals surface area contributed by atoms with E-state index >= 15 is 0 Å². The number of allylic oxidation sites excluding steroid dienone is 1. The first kappa shape index (κ1) is 26.6. The third-order valence-electron chi connectivity index (χ3n) is 8.20. The van der Waals surface area contributed by atoms with Crippen molar-refractivity contribution in [3.8, 4) is 0 Å². The van der Waals surface area contributed by atoms with Crippen LogP contribution in [0.25, 0.3) is 10.8 Å². The molecular weight excluding hydrogens is 531 g/mol. The normalized spacial score (nSPS) is 19.7. The summed E-state index contributed by atoms with van der Waals surface area (Å²) in [5.41, 5.74) is 3.45. The maximum absolute atomic E-state index is 14.8. The monoisotopic (exact) mass is 559 g/mol. The Morgan fingerprint density at radius 2 is 1.57 bits per heavy atom. The molecule has 0 bridgehead atoms. The Morgan fingerprint density at radius 3 is 2.33 bits per heavy atom. The summed E-state index contributed by atoms with van der Waals surface area (Å²) in [4.78, 5) is 9.42. The first-order valence-electron chi connectivity index (χ1n) is 13.4. The first-order valence-corrected chi connectivity index (χ1v) is 13.8. The Labute approximate surface area is 237 Å². The Bertz CT molecular complexity index is 1650. The first-order chi connectivity index (χ1) is 19.2. The summed E-state index contributed by atoms with van der Waals surface area (Å²) in [5, 5.41) is 3.00. The maximum atomic E-state index is 14.8. The van der Waals surface area contributed by atoms with Gasteiger partial charge in [-0.25, -0.2) is 13.2 Å². The van der Waals surface area contributed by atoms with E-state index in [2.05, 4.69) is 54.3 Å². The van der Waals surface area contributed by atoms with Crippen molar-refractivity contribution in [2.45, 2.75) is 19.4 Å². The number of hydrogen-bond donors (Lipinski definition) is 0. The lowest BCUT2D eigenvalue weighted by atomic mass is 9.82. The van der Waals surface area contributed by atoms with E-state index in [1.54, 1.807) is 4.90 Å². The fourth-order valence-electron chi connectivity index (χ4n) is 5.83. The van der Waals surface area contributed by atoms with E-state index in [0.29, 0.717) is 37.7 Å². The van der Waals surface area contributed by atoms with Gasteiger partial charge in [0.2, 0.25) is 0 Å². The lowest BCUT2D eigenvalue weighted by molar-refractivity contribution is 0.268. The third kappa shape index (κ3) is 4.69. The van der Waals surface area contributed by atoms with E-state index in [1.807, 2.05) is 30.3 Å². The Balaban J connectivity index is 1.30. The quantitative estimate of drug-likeness (QED) is 0.233. The zero-order valence-electron chi connectivity index (χ0n) is 22.4. The molecule has 0 aliphatic carbocycles. The van der Waals surface area contributed by atoms with Gasteiger partial charge in [-0.3, -0.25) is 9.89 Å². The van der Waals surface area contributed by atoms with Crippen LogP contribution in [0.3, 0.4) is 0 Å². The molecule has 1 fully saturated rings. The second kappa shape index (κ2) is 10.4. The molecule has 4 aromatic carbocycles. The molecule has 0 amide bonds. The van der Waals surface area contributed by atoms with E-state index in [0.717, 1.165) is 39.3 Å². The molecule has 7 heteroatoms. The maximum Gasteiger partial charge on any atom is 0.164 e. The highest BCUT2D eigenvalue weighted by Crippen LogP contribution is 2.42. The van der Waals surface area contributed by atoms with Gasteiger partial charge in [-0.05, 0) is 59.5 Å². The molecule has 6 rings (SSSR count). The topological polar surface area (TPSA) is 18.8 Å². The highest BCUT2D eigenvalue weighted by atomic mass is 35.5. The average Bonchev–Trinajstić information content (AvgIpc) is 3.31. The van der Waals surface area contributed by atoms with E-state index in [1.165, 1.54) is 6.92 Å². The van der Waals surface area contributed by atoms with Crippen LogP contribution in [-0.4, -0.2) is 43.3 Å². The van der Waals surface area contributed by atoms with Gasteiger partial charge < -0.3 is 4.90 Å². The number of anilines is 1. The smallest absolute Gasteiger partial charge is 0.164 e.